The van der Waals surface area contributed by atoms with Crippen LogP contribution in [-0.4, -0.2) is 25.5 Å². The van der Waals surface area contributed by atoms with Gasteiger partial charge in [0.1, 0.15) is 0 Å². The van der Waals surface area contributed by atoms with Gasteiger partial charge in [-0.25, -0.2) is 18.1 Å². The molecule has 0 saturated carbocycles. The number of ether oxygens (including phenoxy) is 1. The summed E-state index contributed by atoms with van der Waals surface area (Å²) in [5.74, 6) is 0.263. The number of nitrogens with zero attached hydrogens (tertiary/aromatic N) is 2. The summed E-state index contributed by atoms with van der Waals surface area (Å²) in [6.07, 6.45) is 1.48. The average Bonchev–Trinajstić information content (AvgIpc) is 2.41. The van der Waals surface area contributed by atoms with Gasteiger partial charge in [0.25, 0.3) is 10.0 Å². The highest BCUT2D eigenvalue weighted by Gasteiger charge is 2.16. The number of nitrogen functional groups attached to an aromatic ring is 1. The lowest BCUT2D eigenvalue weighted by Crippen LogP contribution is -2.15. The van der Waals surface area contributed by atoms with Gasteiger partial charge in [-0.1, -0.05) is 0 Å². The second kappa shape index (κ2) is 5.33. The van der Waals surface area contributed by atoms with E-state index in [1.54, 1.807) is 6.92 Å². The summed E-state index contributed by atoms with van der Waals surface area (Å²) in [6.45, 7) is 1.76. The Bertz CT molecular complexity index is 714. The van der Waals surface area contributed by atoms with Crippen LogP contribution in [0, 0.1) is 6.92 Å². The third-order valence-corrected chi connectivity index (χ3v) is 3.88. The van der Waals surface area contributed by atoms with Gasteiger partial charge in [0.05, 0.1) is 12.0 Å². The third-order valence-electron chi connectivity index (χ3n) is 2.53. The van der Waals surface area contributed by atoms with Crippen LogP contribution in [0.5, 0.6) is 5.88 Å². The van der Waals surface area contributed by atoms with Gasteiger partial charge >= 0.3 is 0 Å². The highest BCUT2D eigenvalue weighted by molar-refractivity contribution is 7.92. The maximum atomic E-state index is 12.1. The van der Waals surface area contributed by atoms with Gasteiger partial charge in [-0.05, 0) is 31.2 Å². The van der Waals surface area contributed by atoms with Gasteiger partial charge in [-0.3, -0.25) is 0 Å². The third kappa shape index (κ3) is 2.97. The molecule has 2 rings (SSSR count). The first-order valence-corrected chi connectivity index (χ1v) is 7.16. The van der Waals surface area contributed by atoms with Crippen molar-refractivity contribution in [1.29, 1.82) is 0 Å². The largest absolute Gasteiger partial charge is 0.481 e. The molecule has 3 N–H and O–H groups in total. The van der Waals surface area contributed by atoms with E-state index in [1.165, 1.54) is 37.6 Å². The lowest BCUT2D eigenvalue weighted by Gasteiger charge is -2.08. The Morgan fingerprint density at radius 2 is 1.90 bits per heavy atom. The van der Waals surface area contributed by atoms with E-state index in [9.17, 15) is 8.42 Å². The predicted molar refractivity (Wildman–Crippen MR) is 75.0 cm³/mol. The normalized spacial score (nSPS) is 11.1. The van der Waals surface area contributed by atoms with Crippen LogP contribution in [-0.2, 0) is 10.0 Å². The second-order valence-electron chi connectivity index (χ2n) is 4.06. The molecule has 0 fully saturated rings. The van der Waals surface area contributed by atoms with Crippen LogP contribution in [0.4, 0.5) is 11.6 Å². The Morgan fingerprint density at radius 1 is 1.25 bits per heavy atom. The molecule has 0 radical (unpaired) electrons. The number of anilines is 2. The molecule has 0 aliphatic rings. The van der Waals surface area contributed by atoms with Crippen molar-refractivity contribution in [2.45, 2.75) is 11.8 Å². The number of benzene rings is 1. The minimum atomic E-state index is -3.75. The van der Waals surface area contributed by atoms with E-state index in [1.807, 2.05) is 0 Å². The smallest absolute Gasteiger partial charge is 0.264 e. The zero-order valence-electron chi connectivity index (χ0n) is 11.0. The molecule has 0 aliphatic heterocycles. The topological polar surface area (TPSA) is 107 Å². The molecule has 0 bridgehead atoms. The van der Waals surface area contributed by atoms with Crippen molar-refractivity contribution in [3.8, 4) is 5.88 Å². The predicted octanol–water partition coefficient (Wildman–Crippen LogP) is 1.18. The molecule has 106 valence electrons. The minimum Gasteiger partial charge on any atom is -0.481 e. The van der Waals surface area contributed by atoms with E-state index in [-0.39, 0.29) is 10.8 Å². The lowest BCUT2D eigenvalue weighted by molar-refractivity contribution is 0.394. The Kier molecular flexibility index (Phi) is 3.75. The molecule has 0 amide bonds. The molecule has 0 atom stereocenters. The first-order valence-electron chi connectivity index (χ1n) is 5.68. The molecule has 1 aromatic heterocycles. The van der Waals surface area contributed by atoms with Gasteiger partial charge in [-0.2, -0.15) is 4.98 Å². The number of methoxy groups -OCH3 is 1. The number of aryl methyl sites for hydroxylation is 1. The van der Waals surface area contributed by atoms with Gasteiger partial charge in [0.2, 0.25) is 11.8 Å². The summed E-state index contributed by atoms with van der Waals surface area (Å²) in [5, 5.41) is 0. The van der Waals surface area contributed by atoms with Crippen molar-refractivity contribution < 1.29 is 13.2 Å². The summed E-state index contributed by atoms with van der Waals surface area (Å²) < 4.78 is 31.6. The van der Waals surface area contributed by atoms with Crippen molar-refractivity contribution >= 4 is 21.7 Å². The quantitative estimate of drug-likeness (QED) is 0.820. The van der Waals surface area contributed by atoms with E-state index in [4.69, 9.17) is 10.5 Å². The summed E-state index contributed by atoms with van der Waals surface area (Å²) in [6, 6.07) is 5.82. The van der Waals surface area contributed by atoms with Crippen LogP contribution in [0.2, 0.25) is 0 Å². The van der Waals surface area contributed by atoms with E-state index in [2.05, 4.69) is 14.7 Å². The summed E-state index contributed by atoms with van der Waals surface area (Å²) in [5.41, 5.74) is 6.72. The molecule has 0 saturated heterocycles. The van der Waals surface area contributed by atoms with Crippen LogP contribution in [0.3, 0.4) is 0 Å². The molecular weight excluding hydrogens is 280 g/mol. The molecule has 2 aromatic rings. The number of rotatable bonds is 4. The minimum absolute atomic E-state index is 0.0516. The molecule has 0 spiro atoms. The lowest BCUT2D eigenvalue weighted by atomic mass is 10.3. The van der Waals surface area contributed by atoms with Crippen LogP contribution in [0.1, 0.15) is 5.56 Å². The SMILES string of the molecule is COc1nc(NS(=O)(=O)c2ccc(N)cc2)ncc1C. The van der Waals surface area contributed by atoms with Crippen molar-refractivity contribution in [3.05, 3.63) is 36.0 Å². The van der Waals surface area contributed by atoms with Crippen molar-refractivity contribution in [2.24, 2.45) is 0 Å². The standard InChI is InChI=1S/C12H14N4O3S/c1-8-7-14-12(15-11(8)19-2)16-20(17,18)10-5-3-9(13)4-6-10/h3-7H,13H2,1-2H3,(H,14,15,16). The van der Waals surface area contributed by atoms with Gasteiger partial charge < -0.3 is 10.5 Å². The monoisotopic (exact) mass is 294 g/mol. The number of nitrogens with one attached hydrogen (secondary N) is 1. The Labute approximate surface area is 116 Å². The highest BCUT2D eigenvalue weighted by atomic mass is 32.2. The van der Waals surface area contributed by atoms with Crippen molar-refractivity contribution in [2.75, 3.05) is 17.6 Å². The first-order chi connectivity index (χ1) is 9.42. The Balaban J connectivity index is 2.30. The number of hydrogen-bond donors (Lipinski definition) is 2. The molecule has 1 heterocycles. The molecule has 0 unspecified atom stereocenters. The van der Waals surface area contributed by atoms with Crippen LogP contribution < -0.4 is 15.2 Å². The summed E-state index contributed by atoms with van der Waals surface area (Å²) in [7, 11) is -2.30. The van der Waals surface area contributed by atoms with Crippen LogP contribution in [0.15, 0.2) is 35.4 Å². The molecule has 8 heteroatoms. The van der Waals surface area contributed by atoms with Gasteiger partial charge in [0, 0.05) is 17.4 Å². The van der Waals surface area contributed by atoms with Crippen LogP contribution >= 0.6 is 0 Å². The van der Waals surface area contributed by atoms with Crippen molar-refractivity contribution in [3.63, 3.8) is 0 Å². The van der Waals surface area contributed by atoms with Gasteiger partial charge in [-0.15, -0.1) is 0 Å². The molecule has 20 heavy (non-hydrogen) atoms. The zero-order valence-corrected chi connectivity index (χ0v) is 11.8. The molecule has 1 aromatic carbocycles. The highest BCUT2D eigenvalue weighted by Crippen LogP contribution is 2.18. The maximum Gasteiger partial charge on any atom is 0.264 e. The number of aromatic nitrogens is 2. The summed E-state index contributed by atoms with van der Waals surface area (Å²) in [4.78, 5) is 7.96. The molecule has 7 nitrogen and oxygen atoms in total. The fourth-order valence-electron chi connectivity index (χ4n) is 1.51. The van der Waals surface area contributed by atoms with E-state index < -0.39 is 10.0 Å². The number of sulfonamides is 1. The Morgan fingerprint density at radius 3 is 2.50 bits per heavy atom. The van der Waals surface area contributed by atoms with Crippen LogP contribution in [0.25, 0.3) is 0 Å². The average molecular weight is 294 g/mol. The van der Waals surface area contributed by atoms with E-state index in [0.29, 0.717) is 17.1 Å². The second-order valence-corrected chi connectivity index (χ2v) is 5.74. The van der Waals surface area contributed by atoms with Gasteiger partial charge in [0.15, 0.2) is 0 Å². The van der Waals surface area contributed by atoms with E-state index in [0.717, 1.165) is 0 Å². The fourth-order valence-corrected chi connectivity index (χ4v) is 2.46. The fraction of sp³-hybridized carbons (Fsp3) is 0.167. The van der Waals surface area contributed by atoms with E-state index >= 15 is 0 Å². The molecule has 0 aliphatic carbocycles. The maximum absolute atomic E-state index is 12.1. The summed E-state index contributed by atoms with van der Waals surface area (Å²) >= 11 is 0. The Hall–Kier alpha value is -2.35. The first kappa shape index (κ1) is 14.1. The number of hydrogen-bond acceptors (Lipinski definition) is 6. The zero-order chi connectivity index (χ0) is 14.8. The molecular formula is C12H14N4O3S. The number of nitrogens with two attached hydrogens (primary N) is 1. The van der Waals surface area contributed by atoms with Crippen molar-refractivity contribution in [1.82, 2.24) is 9.97 Å².